The van der Waals surface area contributed by atoms with E-state index in [1.807, 2.05) is 0 Å². The van der Waals surface area contributed by atoms with Gasteiger partial charge in [0.25, 0.3) is 0 Å². The van der Waals surface area contributed by atoms with Gasteiger partial charge in [-0.2, -0.15) is 0 Å². The Labute approximate surface area is 577 Å². The Morgan fingerprint density at radius 1 is 0.417 bits per heavy atom. The molecule has 0 spiro atoms. The molecule has 0 aromatic carbocycles. The van der Waals surface area contributed by atoms with Gasteiger partial charge in [0.15, 0.2) is 24.8 Å². The molecule has 2 aliphatic rings. The maximum Gasteiger partial charge on any atom is 0.470 e. The molecule has 8 N–H and O–H groups in total. The molecule has 0 aromatic heterocycles. The van der Waals surface area contributed by atoms with Crippen LogP contribution in [0, 0.1) is 0 Å². The lowest BCUT2D eigenvalue weighted by Crippen LogP contribution is -2.68. The van der Waals surface area contributed by atoms with Crippen molar-refractivity contribution < 1.29 is 96.5 Å². The number of aliphatic carboxylic acids is 2. The van der Waals surface area contributed by atoms with E-state index in [0.717, 1.165) is 122 Å². The zero-order valence-corrected chi connectivity index (χ0v) is 60.9. The van der Waals surface area contributed by atoms with Gasteiger partial charge < -0.3 is 69.3 Å². The molecule has 0 bridgehead atoms. The van der Waals surface area contributed by atoms with E-state index in [1.54, 1.807) is 0 Å². The number of amides is 2. The standard InChI is InChI=1S/C73H135N2O20P/c1-5-9-13-17-21-25-29-33-37-41-45-49-60(77)74-66-70(93-64(83)51-47-43-39-35-31-27-23-19-15-11-7-3)68(85)59(92-73(66)90-57(53-62(79)80)54-63(81)82)56-89-72-67(75-61(78)50-46-42-38-34-30-26-22-18-14-10-6-2)71(69(58(55-76)91-72)95-96(86,87)88)94-65(84)52-48-44-40-36-32-28-24-20-16-12-8-4/h57-59,66-73,76,85H,5-56H2,1-4H3,(H,74,77)(H,75,78)(H,79,80)(H,81,82)(H2,86,87,88)/t58-,59-,66-,67-,68-,69-,70-,71-,72-,73+/m1/s1. The van der Waals surface area contributed by atoms with Crippen LogP contribution in [0.4, 0.5) is 0 Å². The summed E-state index contributed by atoms with van der Waals surface area (Å²) in [5, 5.41) is 48.8. The SMILES string of the molecule is CCCCCCCCCCCCCC(=O)N[C@H]1[C@H](OC[C@H]2O[C@H](OC(CC(=O)O)CC(=O)O)[C@H](NC(=O)CCCCCCCCCCCCC)[C@@H](OC(=O)CCCCCCCCCCCCC)[C@@H]2O)O[C@H](CO)[C@@H](OP(=O)(O)O)[C@@H]1OC(=O)CCCCCCCCCCCCC. The fourth-order valence-corrected chi connectivity index (χ4v) is 13.5. The highest BCUT2D eigenvalue weighted by Gasteiger charge is 2.54. The molecular weight excluding hydrogens is 1260 g/mol. The van der Waals surface area contributed by atoms with Crippen LogP contribution in [0.5, 0.6) is 0 Å². The Kier molecular flexibility index (Phi) is 53.0. The lowest BCUT2D eigenvalue weighted by atomic mass is 9.95. The molecule has 2 rings (SSSR count). The van der Waals surface area contributed by atoms with Crippen molar-refractivity contribution in [2.24, 2.45) is 0 Å². The Hall–Kier alpha value is -3.31. The van der Waals surface area contributed by atoms with Gasteiger partial charge in [0.2, 0.25) is 11.8 Å². The van der Waals surface area contributed by atoms with Crippen LogP contribution < -0.4 is 10.6 Å². The zero-order valence-electron chi connectivity index (χ0n) is 60.0. The van der Waals surface area contributed by atoms with E-state index in [0.29, 0.717) is 32.1 Å². The van der Waals surface area contributed by atoms with Crippen molar-refractivity contribution >= 4 is 43.5 Å². The van der Waals surface area contributed by atoms with E-state index in [9.17, 15) is 63.5 Å². The molecule has 2 fully saturated rings. The summed E-state index contributed by atoms with van der Waals surface area (Å²) in [6, 6.07) is -3.11. The highest BCUT2D eigenvalue weighted by Crippen LogP contribution is 2.43. The second-order valence-electron chi connectivity index (χ2n) is 27.3. The summed E-state index contributed by atoms with van der Waals surface area (Å²) in [7, 11) is -5.44. The number of esters is 2. The van der Waals surface area contributed by atoms with Gasteiger partial charge in [-0.1, -0.05) is 285 Å². The first-order valence-electron chi connectivity index (χ1n) is 38.4. The number of aliphatic hydroxyl groups excluding tert-OH is 2. The lowest BCUT2D eigenvalue weighted by molar-refractivity contribution is -0.309. The summed E-state index contributed by atoms with van der Waals surface area (Å²) in [6.45, 7) is 7.05. The lowest BCUT2D eigenvalue weighted by Gasteiger charge is -2.47. The third kappa shape index (κ3) is 44.1. The molecule has 10 atom stereocenters. The van der Waals surface area contributed by atoms with E-state index in [4.69, 9.17) is 32.9 Å². The van der Waals surface area contributed by atoms with Crippen molar-refractivity contribution in [3.05, 3.63) is 0 Å². The van der Waals surface area contributed by atoms with Crippen molar-refractivity contribution in [3.63, 3.8) is 0 Å². The van der Waals surface area contributed by atoms with Crippen LogP contribution in [-0.4, -0.2) is 147 Å². The zero-order chi connectivity index (χ0) is 70.4. The minimum Gasteiger partial charge on any atom is -0.481 e. The number of carboxylic acid groups (broad SMARTS) is 2. The number of phosphoric ester groups is 1. The highest BCUT2D eigenvalue weighted by molar-refractivity contribution is 7.46. The van der Waals surface area contributed by atoms with Crippen LogP contribution in [0.2, 0.25) is 0 Å². The number of aliphatic hydroxyl groups is 2. The van der Waals surface area contributed by atoms with Gasteiger partial charge in [-0.05, 0) is 25.7 Å². The third-order valence-corrected chi connectivity index (χ3v) is 19.0. The summed E-state index contributed by atoms with van der Waals surface area (Å²) in [5.74, 6) is -5.42. The molecule has 2 heterocycles. The summed E-state index contributed by atoms with van der Waals surface area (Å²) in [4.78, 5) is 101. The predicted molar refractivity (Wildman–Crippen MR) is 371 cm³/mol. The molecular formula is C73H135N2O20P. The highest BCUT2D eigenvalue weighted by atomic mass is 31.2. The average Bonchev–Trinajstić information content (AvgIpc) is 0.791. The monoisotopic (exact) mass is 1390 g/mol. The molecule has 96 heavy (non-hydrogen) atoms. The summed E-state index contributed by atoms with van der Waals surface area (Å²) >= 11 is 0. The van der Waals surface area contributed by atoms with Gasteiger partial charge in [-0.25, -0.2) is 4.57 Å². The van der Waals surface area contributed by atoms with Crippen LogP contribution in [0.1, 0.15) is 349 Å². The van der Waals surface area contributed by atoms with Crippen molar-refractivity contribution in [1.29, 1.82) is 0 Å². The fraction of sp³-hybridized carbons (Fsp3) is 0.918. The maximum absolute atomic E-state index is 14.1. The molecule has 23 heteroatoms. The number of nitrogens with one attached hydrogen (secondary N) is 2. The summed E-state index contributed by atoms with van der Waals surface area (Å²) in [5.41, 5.74) is 0. The second kappa shape index (κ2) is 57.3. The van der Waals surface area contributed by atoms with E-state index in [2.05, 4.69) is 38.3 Å². The number of phosphoric acid groups is 1. The normalized spacial score (nSPS) is 21.3. The van der Waals surface area contributed by atoms with Crippen LogP contribution in [0.25, 0.3) is 0 Å². The van der Waals surface area contributed by atoms with Crippen LogP contribution >= 0.6 is 7.82 Å². The van der Waals surface area contributed by atoms with Crippen molar-refractivity contribution in [3.8, 4) is 0 Å². The number of carboxylic acids is 2. The van der Waals surface area contributed by atoms with Crippen molar-refractivity contribution in [2.45, 2.75) is 416 Å². The molecule has 2 aliphatic heterocycles. The van der Waals surface area contributed by atoms with E-state index >= 15 is 0 Å². The smallest absolute Gasteiger partial charge is 0.470 e. The Bertz CT molecular complexity index is 2040. The number of hydrogen-bond donors (Lipinski definition) is 8. The van der Waals surface area contributed by atoms with E-state index < -0.39 is 137 Å². The van der Waals surface area contributed by atoms with Gasteiger partial charge in [0.1, 0.15) is 36.5 Å². The Morgan fingerprint density at radius 2 is 0.719 bits per heavy atom. The molecule has 0 aliphatic carbocycles. The minimum atomic E-state index is -5.44. The number of carbonyl (C=O) groups excluding carboxylic acids is 4. The van der Waals surface area contributed by atoms with Gasteiger partial charge >= 0.3 is 31.7 Å². The predicted octanol–water partition coefficient (Wildman–Crippen LogP) is 15.2. The molecule has 2 saturated heterocycles. The molecule has 22 nitrogen and oxygen atoms in total. The van der Waals surface area contributed by atoms with Crippen LogP contribution in [-0.2, 0) is 66.3 Å². The van der Waals surface area contributed by atoms with E-state index in [1.165, 1.54) is 128 Å². The second-order valence-corrected chi connectivity index (χ2v) is 28.5. The van der Waals surface area contributed by atoms with Gasteiger partial charge in [0.05, 0.1) is 32.2 Å². The summed E-state index contributed by atoms with van der Waals surface area (Å²) in [6.07, 6.45) is 27.9. The quantitative estimate of drug-likeness (QED) is 0.0159. The minimum absolute atomic E-state index is 0.0109. The first kappa shape index (κ1) is 88.8. The number of carbonyl (C=O) groups is 6. The number of ether oxygens (including phenoxy) is 6. The van der Waals surface area contributed by atoms with Crippen molar-refractivity contribution in [1.82, 2.24) is 10.6 Å². The van der Waals surface area contributed by atoms with Crippen LogP contribution in [0.3, 0.4) is 0 Å². The fourth-order valence-electron chi connectivity index (χ4n) is 12.9. The number of hydrogen-bond acceptors (Lipinski definition) is 16. The van der Waals surface area contributed by atoms with Crippen LogP contribution in [0.15, 0.2) is 0 Å². The topological polar surface area (TPSA) is 330 Å². The van der Waals surface area contributed by atoms with Crippen molar-refractivity contribution in [2.75, 3.05) is 13.2 Å². The Morgan fingerprint density at radius 3 is 1.04 bits per heavy atom. The Balaban J connectivity index is 2.56. The van der Waals surface area contributed by atoms with Gasteiger partial charge in [0, 0.05) is 25.7 Å². The molecule has 0 aromatic rings. The molecule has 0 radical (unpaired) electrons. The average molecular weight is 1390 g/mol. The summed E-state index contributed by atoms with van der Waals surface area (Å²) < 4.78 is 55.2. The molecule has 2 amide bonds. The van der Waals surface area contributed by atoms with E-state index in [-0.39, 0.29) is 25.7 Å². The first-order chi connectivity index (χ1) is 46.4. The number of unbranched alkanes of at least 4 members (excludes halogenated alkanes) is 40. The molecule has 0 saturated carbocycles. The first-order valence-corrected chi connectivity index (χ1v) is 39.9. The number of rotatable bonds is 64. The largest absolute Gasteiger partial charge is 0.481 e. The molecule has 562 valence electrons. The third-order valence-electron chi connectivity index (χ3n) is 18.5. The van der Waals surface area contributed by atoms with Gasteiger partial charge in [-0.15, -0.1) is 0 Å². The maximum atomic E-state index is 14.1. The van der Waals surface area contributed by atoms with Gasteiger partial charge in [-0.3, -0.25) is 33.3 Å². The molecule has 0 unspecified atom stereocenters.